The normalized spacial score (nSPS) is 12.0. The van der Waals surface area contributed by atoms with Gasteiger partial charge in [0.1, 0.15) is 10.1 Å². The van der Waals surface area contributed by atoms with E-state index in [1.165, 1.54) is 4.90 Å². The van der Waals surface area contributed by atoms with Gasteiger partial charge in [-0.15, -0.1) is 23.2 Å². The Balaban J connectivity index is 4.86. The van der Waals surface area contributed by atoms with E-state index < -0.39 is 21.9 Å². The summed E-state index contributed by atoms with van der Waals surface area (Å²) in [7, 11) is 0. The predicted octanol–water partition coefficient (Wildman–Crippen LogP) is 2.07. The maximum atomic E-state index is 11.6. The molecule has 0 saturated carbocycles. The maximum Gasteiger partial charge on any atom is 0.349 e. The molecule has 0 aliphatic heterocycles. The molecule has 0 saturated heterocycles. The zero-order valence-corrected chi connectivity index (χ0v) is 11.1. The van der Waals surface area contributed by atoms with Crippen LogP contribution in [0.25, 0.3) is 0 Å². The Labute approximate surface area is 113 Å². The third-order valence-corrected chi connectivity index (χ3v) is 2.70. The number of hydrogen-bond donors (Lipinski definition) is 1. The Morgan fingerprint density at radius 1 is 1.00 bits per heavy atom. The molecule has 0 rings (SSSR count). The molecule has 0 aliphatic carbocycles. The summed E-state index contributed by atoms with van der Waals surface area (Å²) in [5.74, 6) is -1.78. The van der Waals surface area contributed by atoms with Gasteiger partial charge in [-0.1, -0.05) is 23.2 Å². The molecule has 0 aromatic heterocycles. The van der Waals surface area contributed by atoms with Gasteiger partial charge in [0, 0.05) is 24.8 Å². The van der Waals surface area contributed by atoms with Gasteiger partial charge in [0.25, 0.3) is 5.91 Å². The first-order chi connectivity index (χ1) is 7.45. The number of halogens is 4. The summed E-state index contributed by atoms with van der Waals surface area (Å²) in [6, 6.07) is 0. The molecular formula is C8H9Cl4NO3. The third kappa shape index (κ3) is 4.78. The van der Waals surface area contributed by atoms with Gasteiger partial charge >= 0.3 is 5.97 Å². The number of carboxylic acids is 1. The highest BCUT2D eigenvalue weighted by molar-refractivity contribution is 6.53. The van der Waals surface area contributed by atoms with Gasteiger partial charge < -0.3 is 10.0 Å². The molecule has 0 bridgehead atoms. The molecule has 92 valence electrons. The number of carbonyl (C=O) groups is 2. The van der Waals surface area contributed by atoms with Crippen molar-refractivity contribution >= 4 is 58.3 Å². The number of rotatable bonds is 6. The van der Waals surface area contributed by atoms with E-state index in [-0.39, 0.29) is 24.8 Å². The third-order valence-electron chi connectivity index (χ3n) is 1.56. The Kier molecular flexibility index (Phi) is 7.93. The van der Waals surface area contributed by atoms with Crippen LogP contribution in [0.2, 0.25) is 0 Å². The minimum absolute atomic E-state index is 0.192. The van der Waals surface area contributed by atoms with Crippen LogP contribution in [0.3, 0.4) is 0 Å². The number of alkyl halides is 2. The van der Waals surface area contributed by atoms with Gasteiger partial charge in [-0.2, -0.15) is 0 Å². The van der Waals surface area contributed by atoms with E-state index in [4.69, 9.17) is 51.5 Å². The van der Waals surface area contributed by atoms with Gasteiger partial charge in [-0.3, -0.25) is 4.79 Å². The lowest BCUT2D eigenvalue weighted by atomic mass is 10.4. The average molecular weight is 309 g/mol. The number of carboxylic acid groups (broad SMARTS) is 1. The van der Waals surface area contributed by atoms with E-state index in [0.29, 0.717) is 0 Å². The first-order valence-corrected chi connectivity index (χ1v) is 5.98. The first kappa shape index (κ1) is 15.8. The molecule has 0 heterocycles. The second-order valence-corrected chi connectivity index (χ2v) is 4.12. The standard InChI is InChI=1S/C8H9Cl4NO3/c9-1-3-13(4-2-10)7(14)5(11)6(12)8(15)16/h1-4H2,(H,15,16). The smallest absolute Gasteiger partial charge is 0.349 e. The Hall–Kier alpha value is -0.160. The summed E-state index contributed by atoms with van der Waals surface area (Å²) in [5.41, 5.74) is 0. The van der Waals surface area contributed by atoms with Crippen LogP contribution >= 0.6 is 46.4 Å². The van der Waals surface area contributed by atoms with E-state index >= 15 is 0 Å². The molecule has 0 unspecified atom stereocenters. The Morgan fingerprint density at radius 2 is 1.44 bits per heavy atom. The second-order valence-electron chi connectivity index (χ2n) is 2.60. The van der Waals surface area contributed by atoms with Crippen molar-refractivity contribution in [2.45, 2.75) is 0 Å². The van der Waals surface area contributed by atoms with Crippen LogP contribution in [0.5, 0.6) is 0 Å². The summed E-state index contributed by atoms with van der Waals surface area (Å²) in [6.45, 7) is 0.431. The highest BCUT2D eigenvalue weighted by Gasteiger charge is 2.21. The van der Waals surface area contributed by atoms with Crippen molar-refractivity contribution in [2.24, 2.45) is 0 Å². The monoisotopic (exact) mass is 307 g/mol. The van der Waals surface area contributed by atoms with E-state index in [1.54, 1.807) is 0 Å². The van der Waals surface area contributed by atoms with E-state index in [0.717, 1.165) is 0 Å². The van der Waals surface area contributed by atoms with Crippen LogP contribution in [-0.4, -0.2) is 46.7 Å². The molecule has 4 nitrogen and oxygen atoms in total. The largest absolute Gasteiger partial charge is 0.477 e. The van der Waals surface area contributed by atoms with Gasteiger partial charge in [0.05, 0.1) is 0 Å². The second kappa shape index (κ2) is 8.01. The van der Waals surface area contributed by atoms with Crippen molar-refractivity contribution in [3.63, 3.8) is 0 Å². The number of amides is 1. The summed E-state index contributed by atoms with van der Waals surface area (Å²) in [5, 5.41) is 7.27. The number of nitrogens with zero attached hydrogens (tertiary/aromatic N) is 1. The number of aliphatic carboxylic acids is 1. The van der Waals surface area contributed by atoms with E-state index in [9.17, 15) is 9.59 Å². The van der Waals surface area contributed by atoms with Crippen molar-refractivity contribution in [3.8, 4) is 0 Å². The van der Waals surface area contributed by atoms with Crippen LogP contribution in [0.4, 0.5) is 0 Å². The molecule has 8 heteroatoms. The quantitative estimate of drug-likeness (QED) is 0.603. The lowest BCUT2D eigenvalue weighted by Gasteiger charge is -2.20. The van der Waals surface area contributed by atoms with Crippen molar-refractivity contribution in [3.05, 3.63) is 10.1 Å². The zero-order chi connectivity index (χ0) is 12.7. The molecule has 0 aliphatic rings. The van der Waals surface area contributed by atoms with E-state index in [2.05, 4.69) is 0 Å². The minimum Gasteiger partial charge on any atom is -0.477 e. The topological polar surface area (TPSA) is 57.6 Å². The fourth-order valence-electron chi connectivity index (χ4n) is 0.846. The molecule has 1 N–H and O–H groups in total. The molecule has 0 atom stereocenters. The van der Waals surface area contributed by atoms with Gasteiger partial charge in [0.15, 0.2) is 0 Å². The van der Waals surface area contributed by atoms with Crippen LogP contribution < -0.4 is 0 Å². The van der Waals surface area contributed by atoms with Gasteiger partial charge in [-0.25, -0.2) is 4.79 Å². The van der Waals surface area contributed by atoms with Gasteiger partial charge in [0.2, 0.25) is 0 Å². The lowest BCUT2D eigenvalue weighted by molar-refractivity contribution is -0.133. The van der Waals surface area contributed by atoms with Crippen molar-refractivity contribution in [1.82, 2.24) is 4.90 Å². The molecule has 1 amide bonds. The fraction of sp³-hybridized carbons (Fsp3) is 0.500. The van der Waals surface area contributed by atoms with Crippen LogP contribution in [0.1, 0.15) is 0 Å². The predicted molar refractivity (Wildman–Crippen MR) is 64.4 cm³/mol. The van der Waals surface area contributed by atoms with Crippen LogP contribution in [0, 0.1) is 0 Å². The SMILES string of the molecule is O=C(O)C(Cl)=C(Cl)C(=O)N(CCCl)CCCl. The molecule has 16 heavy (non-hydrogen) atoms. The molecule has 0 radical (unpaired) electrons. The summed E-state index contributed by atoms with van der Waals surface area (Å²) < 4.78 is 0. The first-order valence-electron chi connectivity index (χ1n) is 4.15. The lowest BCUT2D eigenvalue weighted by Crippen LogP contribution is -2.35. The van der Waals surface area contributed by atoms with Crippen LogP contribution in [0.15, 0.2) is 10.1 Å². The molecular weight excluding hydrogens is 300 g/mol. The molecule has 0 fully saturated rings. The summed E-state index contributed by atoms with van der Waals surface area (Å²) in [4.78, 5) is 23.4. The van der Waals surface area contributed by atoms with Crippen molar-refractivity contribution in [2.75, 3.05) is 24.8 Å². The maximum absolute atomic E-state index is 11.6. The van der Waals surface area contributed by atoms with Gasteiger partial charge in [-0.05, 0) is 0 Å². The summed E-state index contributed by atoms with van der Waals surface area (Å²) >= 11 is 21.8. The number of hydrogen-bond acceptors (Lipinski definition) is 2. The Bertz CT molecular complexity index is 300. The highest BCUT2D eigenvalue weighted by Crippen LogP contribution is 2.17. The highest BCUT2D eigenvalue weighted by atomic mass is 35.5. The zero-order valence-electron chi connectivity index (χ0n) is 8.05. The van der Waals surface area contributed by atoms with E-state index in [1.807, 2.05) is 0 Å². The fourth-order valence-corrected chi connectivity index (χ4v) is 1.53. The van der Waals surface area contributed by atoms with Crippen molar-refractivity contribution < 1.29 is 14.7 Å². The molecule has 0 aromatic carbocycles. The van der Waals surface area contributed by atoms with Crippen molar-refractivity contribution in [1.29, 1.82) is 0 Å². The Morgan fingerprint density at radius 3 is 1.75 bits per heavy atom. The summed E-state index contributed by atoms with van der Waals surface area (Å²) in [6.07, 6.45) is 0. The minimum atomic E-state index is -1.46. The molecule has 0 spiro atoms. The van der Waals surface area contributed by atoms with Crippen LogP contribution in [-0.2, 0) is 9.59 Å². The number of carbonyl (C=O) groups excluding carboxylic acids is 1. The average Bonchev–Trinajstić information content (AvgIpc) is 2.25. The molecule has 0 aromatic rings.